The Bertz CT molecular complexity index is 699. The van der Waals surface area contributed by atoms with Crippen LogP contribution in [0.4, 0.5) is 0 Å². The summed E-state index contributed by atoms with van der Waals surface area (Å²) < 4.78 is 1.76. The van der Waals surface area contributed by atoms with E-state index in [2.05, 4.69) is 53.3 Å². The third-order valence-corrected chi connectivity index (χ3v) is 4.70. The van der Waals surface area contributed by atoms with Crippen molar-refractivity contribution >= 4 is 29.9 Å². The van der Waals surface area contributed by atoms with Gasteiger partial charge in [0.1, 0.15) is 0 Å². The smallest absolute Gasteiger partial charge is 0.191 e. The first-order chi connectivity index (χ1) is 13.7. The maximum atomic E-state index is 4.75. The summed E-state index contributed by atoms with van der Waals surface area (Å²) in [6.45, 7) is 13.6. The number of hydrogen-bond acceptors (Lipinski definition) is 4. The molecule has 0 aliphatic rings. The van der Waals surface area contributed by atoms with E-state index in [0.717, 1.165) is 49.9 Å². The summed E-state index contributed by atoms with van der Waals surface area (Å²) in [6, 6.07) is 6.29. The van der Waals surface area contributed by atoms with E-state index in [4.69, 9.17) is 4.99 Å². The third kappa shape index (κ3) is 9.12. The van der Waals surface area contributed by atoms with Crippen LogP contribution in [0, 0.1) is 0 Å². The maximum absolute atomic E-state index is 4.75. The number of hydrogen-bond donors (Lipinski definition) is 2. The summed E-state index contributed by atoms with van der Waals surface area (Å²) in [5, 5.41) is 11.1. The van der Waals surface area contributed by atoms with E-state index in [1.54, 1.807) is 17.1 Å². The van der Waals surface area contributed by atoms with E-state index in [0.29, 0.717) is 12.6 Å². The van der Waals surface area contributed by atoms with Crippen LogP contribution in [0.25, 0.3) is 5.82 Å². The first-order valence-corrected chi connectivity index (χ1v) is 10.4. The molecule has 2 N–H and O–H groups in total. The van der Waals surface area contributed by atoms with Crippen LogP contribution < -0.4 is 10.6 Å². The molecule has 0 amide bonds. The highest BCUT2D eigenvalue weighted by atomic mass is 127. The molecule has 0 fully saturated rings. The van der Waals surface area contributed by atoms with Crippen LogP contribution in [-0.2, 0) is 6.54 Å². The van der Waals surface area contributed by atoms with Gasteiger partial charge in [-0.05, 0) is 70.1 Å². The van der Waals surface area contributed by atoms with Crippen molar-refractivity contribution in [2.45, 2.75) is 53.1 Å². The molecule has 0 bridgehead atoms. The number of nitrogens with zero attached hydrogens (tertiary/aromatic N) is 5. The first-order valence-electron chi connectivity index (χ1n) is 10.4. The van der Waals surface area contributed by atoms with Crippen molar-refractivity contribution in [1.29, 1.82) is 0 Å². The van der Waals surface area contributed by atoms with Gasteiger partial charge in [0.15, 0.2) is 11.8 Å². The van der Waals surface area contributed by atoms with Crippen LogP contribution in [0.3, 0.4) is 0 Å². The molecular formula is C21H36IN7. The normalized spacial score (nSPS) is 12.5. The predicted octanol–water partition coefficient (Wildman–Crippen LogP) is 3.45. The third-order valence-electron chi connectivity index (χ3n) is 4.70. The largest absolute Gasteiger partial charge is 0.357 e. The zero-order chi connectivity index (χ0) is 20.2. The Morgan fingerprint density at radius 2 is 2.03 bits per heavy atom. The lowest BCUT2D eigenvalue weighted by molar-refractivity contribution is 0.292. The molecule has 29 heavy (non-hydrogen) atoms. The molecule has 162 valence electrons. The van der Waals surface area contributed by atoms with Crippen LogP contribution in [0.1, 0.15) is 46.1 Å². The minimum absolute atomic E-state index is 0. The average molecular weight is 513 g/mol. The number of pyridine rings is 1. The summed E-state index contributed by atoms with van der Waals surface area (Å²) in [6.07, 6.45) is 7.76. The number of halogens is 1. The molecule has 0 aliphatic heterocycles. The quantitative estimate of drug-likeness (QED) is 0.274. The SMILES string of the molecule is CCNC(=NCc1ccnc(-n2cccn2)c1)NC(C)CCCN(CC)CC.I. The summed E-state index contributed by atoms with van der Waals surface area (Å²) in [7, 11) is 0. The molecule has 0 saturated carbocycles. The van der Waals surface area contributed by atoms with Crippen molar-refractivity contribution < 1.29 is 0 Å². The van der Waals surface area contributed by atoms with Gasteiger partial charge in [-0.2, -0.15) is 5.10 Å². The van der Waals surface area contributed by atoms with E-state index in [9.17, 15) is 0 Å². The summed E-state index contributed by atoms with van der Waals surface area (Å²) in [4.78, 5) is 11.6. The Kier molecular flexibility index (Phi) is 12.5. The van der Waals surface area contributed by atoms with Crippen LogP contribution in [0.2, 0.25) is 0 Å². The van der Waals surface area contributed by atoms with Gasteiger partial charge in [0, 0.05) is 31.2 Å². The van der Waals surface area contributed by atoms with Crippen LogP contribution >= 0.6 is 24.0 Å². The second kappa shape index (κ2) is 14.3. The Hall–Kier alpha value is -1.68. The molecule has 2 heterocycles. The van der Waals surface area contributed by atoms with Gasteiger partial charge in [-0.1, -0.05) is 13.8 Å². The van der Waals surface area contributed by atoms with E-state index in [1.807, 2.05) is 24.4 Å². The Morgan fingerprint density at radius 3 is 2.69 bits per heavy atom. The van der Waals surface area contributed by atoms with E-state index >= 15 is 0 Å². The molecule has 7 nitrogen and oxygen atoms in total. The van der Waals surface area contributed by atoms with Gasteiger partial charge in [0.05, 0.1) is 6.54 Å². The molecule has 1 atom stereocenters. The first kappa shape index (κ1) is 25.4. The predicted molar refractivity (Wildman–Crippen MR) is 131 cm³/mol. The molecule has 1 unspecified atom stereocenters. The van der Waals surface area contributed by atoms with Crippen molar-refractivity contribution in [3.63, 3.8) is 0 Å². The fraction of sp³-hybridized carbons (Fsp3) is 0.571. The van der Waals surface area contributed by atoms with Crippen molar-refractivity contribution in [1.82, 2.24) is 30.3 Å². The Labute approximate surface area is 192 Å². The molecule has 2 aromatic heterocycles. The second-order valence-electron chi connectivity index (χ2n) is 6.88. The lowest BCUT2D eigenvalue weighted by Gasteiger charge is -2.21. The molecule has 0 saturated heterocycles. The zero-order valence-corrected chi connectivity index (χ0v) is 20.5. The minimum Gasteiger partial charge on any atom is -0.357 e. The summed E-state index contributed by atoms with van der Waals surface area (Å²) in [5.74, 6) is 1.66. The van der Waals surface area contributed by atoms with Gasteiger partial charge in [0.25, 0.3) is 0 Å². The molecular weight excluding hydrogens is 477 g/mol. The second-order valence-corrected chi connectivity index (χ2v) is 6.88. The Balaban J connectivity index is 0.00000420. The van der Waals surface area contributed by atoms with E-state index in [1.165, 1.54) is 6.42 Å². The topological polar surface area (TPSA) is 70.4 Å². The monoisotopic (exact) mass is 513 g/mol. The van der Waals surface area contributed by atoms with Gasteiger partial charge in [-0.15, -0.1) is 24.0 Å². The van der Waals surface area contributed by atoms with Crippen molar-refractivity contribution in [3.8, 4) is 5.82 Å². The van der Waals surface area contributed by atoms with Gasteiger partial charge in [-0.3, -0.25) is 0 Å². The molecule has 0 aromatic carbocycles. The minimum atomic E-state index is 0. The number of nitrogens with one attached hydrogen (secondary N) is 2. The standard InChI is InChI=1S/C21H35N7.HI/c1-5-22-21(26-18(4)10-8-14-27(6-2)7-3)24-17-19-11-13-23-20(16-19)28-15-9-12-25-28;/h9,11-13,15-16,18H,5-8,10,14,17H2,1-4H3,(H2,22,24,26);1H. The average Bonchev–Trinajstić information content (AvgIpc) is 3.25. The van der Waals surface area contributed by atoms with Crippen LogP contribution in [0.15, 0.2) is 41.8 Å². The summed E-state index contributed by atoms with van der Waals surface area (Å²) >= 11 is 0. The number of aromatic nitrogens is 3. The summed E-state index contributed by atoms with van der Waals surface area (Å²) in [5.41, 5.74) is 1.10. The lowest BCUT2D eigenvalue weighted by Crippen LogP contribution is -2.42. The van der Waals surface area contributed by atoms with Crippen molar-refractivity contribution in [2.24, 2.45) is 4.99 Å². The van der Waals surface area contributed by atoms with E-state index < -0.39 is 0 Å². The van der Waals surface area contributed by atoms with Crippen LogP contribution in [0.5, 0.6) is 0 Å². The Morgan fingerprint density at radius 1 is 1.24 bits per heavy atom. The fourth-order valence-electron chi connectivity index (χ4n) is 3.05. The number of rotatable bonds is 11. The molecule has 8 heteroatoms. The zero-order valence-electron chi connectivity index (χ0n) is 18.1. The van der Waals surface area contributed by atoms with Crippen LogP contribution in [-0.4, -0.2) is 57.8 Å². The molecule has 0 radical (unpaired) electrons. The highest BCUT2D eigenvalue weighted by Gasteiger charge is 2.07. The molecule has 2 aromatic rings. The van der Waals surface area contributed by atoms with Crippen molar-refractivity contribution in [3.05, 3.63) is 42.4 Å². The van der Waals surface area contributed by atoms with Gasteiger partial charge in [0.2, 0.25) is 0 Å². The van der Waals surface area contributed by atoms with Gasteiger partial charge in [-0.25, -0.2) is 14.7 Å². The van der Waals surface area contributed by atoms with Crippen molar-refractivity contribution in [2.75, 3.05) is 26.2 Å². The molecule has 2 rings (SSSR count). The highest BCUT2D eigenvalue weighted by molar-refractivity contribution is 14.0. The molecule has 0 spiro atoms. The van der Waals surface area contributed by atoms with Gasteiger partial charge < -0.3 is 15.5 Å². The molecule has 0 aliphatic carbocycles. The fourth-order valence-corrected chi connectivity index (χ4v) is 3.05. The maximum Gasteiger partial charge on any atom is 0.191 e. The number of aliphatic imine (C=N–C) groups is 1. The lowest BCUT2D eigenvalue weighted by atomic mass is 10.2. The number of guanidine groups is 1. The highest BCUT2D eigenvalue weighted by Crippen LogP contribution is 2.07. The van der Waals surface area contributed by atoms with Gasteiger partial charge >= 0.3 is 0 Å². The van der Waals surface area contributed by atoms with E-state index in [-0.39, 0.29) is 24.0 Å².